The monoisotopic (exact) mass is 263 g/mol. The van der Waals surface area contributed by atoms with E-state index in [9.17, 15) is 9.59 Å². The first-order chi connectivity index (χ1) is 9.15. The van der Waals surface area contributed by atoms with E-state index in [2.05, 4.69) is 5.32 Å². The van der Waals surface area contributed by atoms with Crippen LogP contribution in [-0.4, -0.2) is 17.0 Å². The third-order valence-electron chi connectivity index (χ3n) is 3.63. The van der Waals surface area contributed by atoms with Crippen LogP contribution in [-0.2, 0) is 11.3 Å². The van der Waals surface area contributed by atoms with E-state index in [1.54, 1.807) is 6.07 Å². The standard InChI is InChI=1S/C14H21N3O2/c15-12-6-7-14(19)17(9-12)10-13(18)16-8-11-4-2-1-3-5-11/h6-7,9,11H,1-5,8,10,15H2,(H,16,18). The average Bonchev–Trinajstić information content (AvgIpc) is 2.42. The molecule has 1 aliphatic rings. The Labute approximate surface area is 112 Å². The van der Waals surface area contributed by atoms with Crippen LogP contribution in [0.15, 0.2) is 23.1 Å². The molecule has 0 bridgehead atoms. The van der Waals surface area contributed by atoms with Crippen molar-refractivity contribution in [1.29, 1.82) is 0 Å². The van der Waals surface area contributed by atoms with Crippen molar-refractivity contribution in [2.45, 2.75) is 38.6 Å². The molecule has 5 heteroatoms. The number of hydrogen-bond acceptors (Lipinski definition) is 3. The zero-order valence-corrected chi connectivity index (χ0v) is 11.1. The number of carbonyl (C=O) groups excluding carboxylic acids is 1. The van der Waals surface area contributed by atoms with E-state index in [0.29, 0.717) is 11.6 Å². The molecule has 104 valence electrons. The molecule has 2 rings (SSSR count). The van der Waals surface area contributed by atoms with Gasteiger partial charge in [0.2, 0.25) is 5.91 Å². The van der Waals surface area contributed by atoms with Crippen LogP contribution in [0.2, 0.25) is 0 Å². The second-order valence-corrected chi connectivity index (χ2v) is 5.24. The van der Waals surface area contributed by atoms with Crippen molar-refractivity contribution < 1.29 is 4.79 Å². The van der Waals surface area contributed by atoms with Crippen LogP contribution < -0.4 is 16.6 Å². The Morgan fingerprint density at radius 3 is 2.79 bits per heavy atom. The summed E-state index contributed by atoms with van der Waals surface area (Å²) in [5.41, 5.74) is 5.88. The zero-order chi connectivity index (χ0) is 13.7. The molecule has 0 atom stereocenters. The molecule has 1 aromatic heterocycles. The van der Waals surface area contributed by atoms with Crippen molar-refractivity contribution in [1.82, 2.24) is 9.88 Å². The number of anilines is 1. The van der Waals surface area contributed by atoms with Gasteiger partial charge in [-0.2, -0.15) is 0 Å². The van der Waals surface area contributed by atoms with Crippen LogP contribution in [0.5, 0.6) is 0 Å². The van der Waals surface area contributed by atoms with Gasteiger partial charge >= 0.3 is 0 Å². The molecule has 0 aliphatic heterocycles. The van der Waals surface area contributed by atoms with Crippen LogP contribution in [0.25, 0.3) is 0 Å². The normalized spacial score (nSPS) is 16.2. The molecular weight excluding hydrogens is 242 g/mol. The summed E-state index contributed by atoms with van der Waals surface area (Å²) in [7, 11) is 0. The SMILES string of the molecule is Nc1ccc(=O)n(CC(=O)NCC2CCCCC2)c1. The van der Waals surface area contributed by atoms with E-state index in [4.69, 9.17) is 5.73 Å². The molecule has 0 radical (unpaired) electrons. The third-order valence-corrected chi connectivity index (χ3v) is 3.63. The number of pyridine rings is 1. The van der Waals surface area contributed by atoms with Crippen LogP contribution in [0.4, 0.5) is 5.69 Å². The molecule has 0 spiro atoms. The minimum Gasteiger partial charge on any atom is -0.398 e. The Bertz CT molecular complexity index is 490. The molecule has 1 aliphatic carbocycles. The Balaban J connectivity index is 1.83. The number of nitrogens with zero attached hydrogens (tertiary/aromatic N) is 1. The summed E-state index contributed by atoms with van der Waals surface area (Å²) in [5, 5.41) is 2.91. The largest absolute Gasteiger partial charge is 0.398 e. The fourth-order valence-electron chi connectivity index (χ4n) is 2.53. The van der Waals surface area contributed by atoms with Crippen LogP contribution in [0, 0.1) is 5.92 Å². The summed E-state index contributed by atoms with van der Waals surface area (Å²) >= 11 is 0. The van der Waals surface area contributed by atoms with Crippen LogP contribution in [0.1, 0.15) is 32.1 Å². The smallest absolute Gasteiger partial charge is 0.251 e. The van der Waals surface area contributed by atoms with Gasteiger partial charge in [-0.15, -0.1) is 0 Å². The second kappa shape index (κ2) is 6.41. The van der Waals surface area contributed by atoms with Crippen molar-refractivity contribution in [3.8, 4) is 0 Å². The van der Waals surface area contributed by atoms with Crippen molar-refractivity contribution in [2.75, 3.05) is 12.3 Å². The van der Waals surface area contributed by atoms with Crippen molar-refractivity contribution >= 4 is 11.6 Å². The number of hydrogen-bond donors (Lipinski definition) is 2. The predicted octanol–water partition coefficient (Wildman–Crippen LogP) is 1.13. The molecule has 0 unspecified atom stereocenters. The number of carbonyl (C=O) groups is 1. The fourth-order valence-corrected chi connectivity index (χ4v) is 2.53. The molecule has 19 heavy (non-hydrogen) atoms. The first kappa shape index (κ1) is 13.6. The van der Waals surface area contributed by atoms with Gasteiger partial charge in [-0.25, -0.2) is 0 Å². The van der Waals surface area contributed by atoms with E-state index in [0.717, 1.165) is 6.54 Å². The topological polar surface area (TPSA) is 77.1 Å². The molecule has 1 heterocycles. The van der Waals surface area contributed by atoms with Gasteiger partial charge in [0.15, 0.2) is 0 Å². The summed E-state index contributed by atoms with van der Waals surface area (Å²) in [4.78, 5) is 23.3. The lowest BCUT2D eigenvalue weighted by Crippen LogP contribution is -2.35. The lowest BCUT2D eigenvalue weighted by molar-refractivity contribution is -0.121. The fraction of sp³-hybridized carbons (Fsp3) is 0.571. The highest BCUT2D eigenvalue weighted by Gasteiger charge is 2.14. The molecule has 0 aromatic carbocycles. The van der Waals surface area contributed by atoms with E-state index < -0.39 is 0 Å². The van der Waals surface area contributed by atoms with Gasteiger partial charge in [0.05, 0.1) is 0 Å². The maximum absolute atomic E-state index is 11.8. The summed E-state index contributed by atoms with van der Waals surface area (Å²) in [6, 6.07) is 2.92. The molecule has 1 amide bonds. The summed E-state index contributed by atoms with van der Waals surface area (Å²) in [5.74, 6) is 0.466. The Hall–Kier alpha value is -1.78. The number of aromatic nitrogens is 1. The highest BCUT2D eigenvalue weighted by Crippen LogP contribution is 2.22. The lowest BCUT2D eigenvalue weighted by Gasteiger charge is -2.21. The molecule has 1 fully saturated rings. The Morgan fingerprint density at radius 1 is 1.32 bits per heavy atom. The van der Waals surface area contributed by atoms with Crippen LogP contribution >= 0.6 is 0 Å². The number of amides is 1. The average molecular weight is 263 g/mol. The quantitative estimate of drug-likeness (QED) is 0.854. The number of rotatable bonds is 4. The number of nitrogens with two attached hydrogens (primary N) is 1. The summed E-state index contributed by atoms with van der Waals surface area (Å²) < 4.78 is 1.34. The van der Waals surface area contributed by atoms with E-state index in [-0.39, 0.29) is 18.0 Å². The van der Waals surface area contributed by atoms with E-state index >= 15 is 0 Å². The second-order valence-electron chi connectivity index (χ2n) is 5.24. The molecule has 5 nitrogen and oxygen atoms in total. The molecule has 0 saturated heterocycles. The zero-order valence-electron chi connectivity index (χ0n) is 11.1. The maximum Gasteiger partial charge on any atom is 0.251 e. The third kappa shape index (κ3) is 4.12. The Morgan fingerprint density at radius 2 is 2.05 bits per heavy atom. The predicted molar refractivity (Wildman–Crippen MR) is 74.7 cm³/mol. The van der Waals surface area contributed by atoms with Gasteiger partial charge in [0.1, 0.15) is 6.54 Å². The lowest BCUT2D eigenvalue weighted by atomic mass is 9.89. The molecule has 1 aromatic rings. The van der Waals surface area contributed by atoms with Crippen molar-refractivity contribution in [3.05, 3.63) is 28.7 Å². The molecule has 3 N–H and O–H groups in total. The van der Waals surface area contributed by atoms with E-state index in [1.807, 2.05) is 0 Å². The Kier molecular flexibility index (Phi) is 4.60. The van der Waals surface area contributed by atoms with Crippen LogP contribution in [0.3, 0.4) is 0 Å². The van der Waals surface area contributed by atoms with E-state index in [1.165, 1.54) is 48.9 Å². The summed E-state index contributed by atoms with van der Waals surface area (Å²) in [6.07, 6.45) is 7.72. The number of nitrogen functional groups attached to an aromatic ring is 1. The van der Waals surface area contributed by atoms with Gasteiger partial charge in [-0.05, 0) is 24.8 Å². The maximum atomic E-state index is 11.8. The first-order valence-electron chi connectivity index (χ1n) is 6.88. The highest BCUT2D eigenvalue weighted by molar-refractivity contribution is 5.75. The molecular formula is C14H21N3O2. The number of nitrogens with one attached hydrogen (secondary N) is 1. The van der Waals surface area contributed by atoms with Crippen molar-refractivity contribution in [2.24, 2.45) is 5.92 Å². The summed E-state index contributed by atoms with van der Waals surface area (Å²) in [6.45, 7) is 0.756. The first-order valence-corrected chi connectivity index (χ1v) is 6.88. The van der Waals surface area contributed by atoms with Gasteiger partial charge in [-0.3, -0.25) is 9.59 Å². The van der Waals surface area contributed by atoms with Gasteiger partial charge < -0.3 is 15.6 Å². The minimum absolute atomic E-state index is 0.0383. The highest BCUT2D eigenvalue weighted by atomic mass is 16.2. The molecule has 1 saturated carbocycles. The van der Waals surface area contributed by atoms with Gasteiger partial charge in [0.25, 0.3) is 5.56 Å². The van der Waals surface area contributed by atoms with Crippen molar-refractivity contribution in [3.63, 3.8) is 0 Å². The minimum atomic E-state index is -0.206. The van der Waals surface area contributed by atoms with Gasteiger partial charge in [-0.1, -0.05) is 19.3 Å². The van der Waals surface area contributed by atoms with Gasteiger partial charge in [0, 0.05) is 24.5 Å².